The molecule has 0 aliphatic heterocycles. The highest BCUT2D eigenvalue weighted by molar-refractivity contribution is 5.71. The minimum Gasteiger partial charge on any atom is -0.462 e. The Bertz CT molecular complexity index is 885. The molecule has 0 aromatic rings. The Kier molecular flexibility index (Phi) is 45.3. The van der Waals surface area contributed by atoms with Gasteiger partial charge in [-0.3, -0.25) is 14.4 Å². The zero-order valence-corrected chi connectivity index (χ0v) is 38.4. The van der Waals surface area contributed by atoms with Gasteiger partial charge in [0, 0.05) is 19.3 Å². The van der Waals surface area contributed by atoms with Crippen LogP contribution in [0.15, 0.2) is 12.2 Å². The number of esters is 3. The summed E-state index contributed by atoms with van der Waals surface area (Å²) in [6.45, 7) is 6.64. The maximum atomic E-state index is 12.7. The second-order valence-electron chi connectivity index (χ2n) is 17.1. The zero-order valence-electron chi connectivity index (χ0n) is 38.4. The monoisotopic (exact) mass is 805 g/mol. The van der Waals surface area contributed by atoms with Gasteiger partial charge in [0.2, 0.25) is 0 Å². The van der Waals surface area contributed by atoms with Crippen LogP contribution in [0, 0.1) is 0 Å². The number of rotatable bonds is 46. The van der Waals surface area contributed by atoms with Crippen LogP contribution in [0.2, 0.25) is 0 Å². The van der Waals surface area contributed by atoms with Crippen LogP contribution in [-0.2, 0) is 28.6 Å². The molecule has 0 aliphatic rings. The van der Waals surface area contributed by atoms with E-state index < -0.39 is 6.10 Å². The first kappa shape index (κ1) is 55.2. The fourth-order valence-electron chi connectivity index (χ4n) is 7.44. The van der Waals surface area contributed by atoms with Gasteiger partial charge < -0.3 is 14.2 Å². The molecule has 0 rings (SSSR count). The number of hydrogen-bond donors (Lipinski definition) is 0. The number of hydrogen-bond acceptors (Lipinski definition) is 6. The van der Waals surface area contributed by atoms with Gasteiger partial charge in [0.1, 0.15) is 13.2 Å². The van der Waals surface area contributed by atoms with Crippen molar-refractivity contribution in [2.45, 2.75) is 284 Å². The summed E-state index contributed by atoms with van der Waals surface area (Å²) in [5, 5.41) is 0. The van der Waals surface area contributed by atoms with Crippen LogP contribution in [0.5, 0.6) is 0 Å². The lowest BCUT2D eigenvalue weighted by Crippen LogP contribution is -2.30. The highest BCUT2D eigenvalue weighted by Crippen LogP contribution is 2.16. The van der Waals surface area contributed by atoms with E-state index >= 15 is 0 Å². The van der Waals surface area contributed by atoms with Crippen LogP contribution in [0.1, 0.15) is 278 Å². The fraction of sp³-hybridized carbons (Fsp3) is 0.902. The van der Waals surface area contributed by atoms with E-state index in [0.717, 1.165) is 64.2 Å². The second-order valence-corrected chi connectivity index (χ2v) is 17.1. The summed E-state index contributed by atoms with van der Waals surface area (Å²) in [6.07, 6.45) is 50.4. The van der Waals surface area contributed by atoms with Gasteiger partial charge in [0.05, 0.1) is 0 Å². The first-order valence-corrected chi connectivity index (χ1v) is 25.2. The van der Waals surface area contributed by atoms with Crippen molar-refractivity contribution in [1.29, 1.82) is 0 Å². The van der Waals surface area contributed by atoms with E-state index in [0.29, 0.717) is 19.3 Å². The lowest BCUT2D eigenvalue weighted by molar-refractivity contribution is -0.167. The average Bonchev–Trinajstić information content (AvgIpc) is 3.21. The summed E-state index contributed by atoms with van der Waals surface area (Å²) in [7, 11) is 0. The summed E-state index contributed by atoms with van der Waals surface area (Å²) in [6, 6.07) is 0. The van der Waals surface area contributed by atoms with E-state index in [1.807, 2.05) is 0 Å². The molecule has 0 amide bonds. The van der Waals surface area contributed by atoms with E-state index in [1.54, 1.807) is 0 Å². The molecular formula is C51H96O6. The summed E-state index contributed by atoms with van der Waals surface area (Å²) in [5.41, 5.74) is 0. The van der Waals surface area contributed by atoms with Crippen molar-refractivity contribution in [2.24, 2.45) is 0 Å². The summed E-state index contributed by atoms with van der Waals surface area (Å²) in [4.78, 5) is 37.8. The van der Waals surface area contributed by atoms with Crippen LogP contribution in [0.4, 0.5) is 0 Å². The summed E-state index contributed by atoms with van der Waals surface area (Å²) < 4.78 is 16.8. The van der Waals surface area contributed by atoms with Gasteiger partial charge in [-0.15, -0.1) is 0 Å². The molecular weight excluding hydrogens is 709 g/mol. The minimum atomic E-state index is -0.765. The number of carbonyl (C=O) groups is 3. The predicted octanol–water partition coefficient (Wildman–Crippen LogP) is 16.2. The van der Waals surface area contributed by atoms with Crippen LogP contribution in [0.3, 0.4) is 0 Å². The standard InChI is InChI=1S/C51H96O6/c1-4-7-10-13-16-19-22-24-25-27-30-32-35-38-41-44-50(53)56-47-48(57-51(54)45-42-39-36-33-28-21-18-15-12-9-6-3)46-55-49(52)43-40-37-34-31-29-26-23-20-17-14-11-8-5-2/h20,23,48H,4-19,21-22,24-47H2,1-3H3/t48-/m0/s1. The molecule has 336 valence electrons. The Morgan fingerprint density at radius 3 is 0.895 bits per heavy atom. The van der Waals surface area contributed by atoms with Gasteiger partial charge >= 0.3 is 17.9 Å². The Balaban J connectivity index is 4.31. The first-order valence-electron chi connectivity index (χ1n) is 25.2. The third-order valence-corrected chi connectivity index (χ3v) is 11.3. The van der Waals surface area contributed by atoms with Gasteiger partial charge in [0.25, 0.3) is 0 Å². The van der Waals surface area contributed by atoms with Gasteiger partial charge in [-0.05, 0) is 44.9 Å². The quantitative estimate of drug-likeness (QED) is 0.0264. The predicted molar refractivity (Wildman–Crippen MR) is 243 cm³/mol. The molecule has 0 radical (unpaired) electrons. The van der Waals surface area contributed by atoms with Crippen molar-refractivity contribution in [3.8, 4) is 0 Å². The third-order valence-electron chi connectivity index (χ3n) is 11.3. The van der Waals surface area contributed by atoms with Gasteiger partial charge in [-0.25, -0.2) is 0 Å². The first-order chi connectivity index (χ1) is 28.0. The lowest BCUT2D eigenvalue weighted by Gasteiger charge is -2.18. The largest absolute Gasteiger partial charge is 0.462 e. The molecule has 0 aromatic heterocycles. The van der Waals surface area contributed by atoms with Gasteiger partial charge in [0.15, 0.2) is 6.10 Å². The molecule has 0 N–H and O–H groups in total. The Labute approximate surface area is 354 Å². The molecule has 57 heavy (non-hydrogen) atoms. The van der Waals surface area contributed by atoms with Crippen LogP contribution >= 0.6 is 0 Å². The topological polar surface area (TPSA) is 78.9 Å². The number of allylic oxidation sites excluding steroid dienone is 2. The molecule has 0 aliphatic carbocycles. The summed E-state index contributed by atoms with van der Waals surface area (Å²) in [5.74, 6) is -0.863. The molecule has 0 bridgehead atoms. The van der Waals surface area contributed by atoms with Gasteiger partial charge in [-0.1, -0.05) is 226 Å². The zero-order chi connectivity index (χ0) is 41.5. The molecule has 0 aromatic carbocycles. The number of ether oxygens (including phenoxy) is 3. The minimum absolute atomic E-state index is 0.0674. The molecule has 6 heteroatoms. The maximum Gasteiger partial charge on any atom is 0.306 e. The molecule has 0 unspecified atom stereocenters. The fourth-order valence-corrected chi connectivity index (χ4v) is 7.44. The molecule has 0 heterocycles. The molecule has 0 saturated heterocycles. The van der Waals surface area contributed by atoms with E-state index in [4.69, 9.17) is 14.2 Å². The van der Waals surface area contributed by atoms with Crippen LogP contribution in [-0.4, -0.2) is 37.2 Å². The molecule has 0 spiro atoms. The molecule has 6 nitrogen and oxygen atoms in total. The Morgan fingerprint density at radius 2 is 0.579 bits per heavy atom. The molecule has 0 saturated carbocycles. The van der Waals surface area contributed by atoms with Crippen LogP contribution < -0.4 is 0 Å². The van der Waals surface area contributed by atoms with Crippen molar-refractivity contribution in [3.63, 3.8) is 0 Å². The number of unbranched alkanes of at least 4 members (excludes halogenated alkanes) is 33. The van der Waals surface area contributed by atoms with Gasteiger partial charge in [-0.2, -0.15) is 0 Å². The normalized spacial score (nSPS) is 12.0. The highest BCUT2D eigenvalue weighted by Gasteiger charge is 2.19. The molecule has 0 fully saturated rings. The van der Waals surface area contributed by atoms with E-state index in [9.17, 15) is 14.4 Å². The second kappa shape index (κ2) is 46.8. The smallest absolute Gasteiger partial charge is 0.306 e. The number of carbonyl (C=O) groups excluding carboxylic acids is 3. The third kappa shape index (κ3) is 45.1. The SMILES string of the molecule is CCCCCCC=CCCCCCCCC(=O)OC[C@@H](COC(=O)CCCCCCCCCCCCCCCCC)OC(=O)CCCCCCCCCCCCC. The van der Waals surface area contributed by atoms with E-state index in [1.165, 1.54) is 173 Å². The van der Waals surface area contributed by atoms with E-state index in [-0.39, 0.29) is 31.1 Å². The Hall–Kier alpha value is -1.85. The van der Waals surface area contributed by atoms with Crippen molar-refractivity contribution in [3.05, 3.63) is 12.2 Å². The average molecular weight is 805 g/mol. The van der Waals surface area contributed by atoms with Crippen molar-refractivity contribution in [2.75, 3.05) is 13.2 Å². The van der Waals surface area contributed by atoms with E-state index in [2.05, 4.69) is 32.9 Å². The van der Waals surface area contributed by atoms with Crippen molar-refractivity contribution in [1.82, 2.24) is 0 Å². The van der Waals surface area contributed by atoms with Crippen molar-refractivity contribution < 1.29 is 28.6 Å². The summed E-state index contributed by atoms with van der Waals surface area (Å²) >= 11 is 0. The maximum absolute atomic E-state index is 12.7. The Morgan fingerprint density at radius 1 is 0.333 bits per heavy atom. The van der Waals surface area contributed by atoms with Crippen LogP contribution in [0.25, 0.3) is 0 Å². The lowest BCUT2D eigenvalue weighted by atomic mass is 10.0. The highest BCUT2D eigenvalue weighted by atomic mass is 16.6. The molecule has 1 atom stereocenters. The van der Waals surface area contributed by atoms with Crippen molar-refractivity contribution >= 4 is 17.9 Å².